The van der Waals surface area contributed by atoms with Crippen molar-refractivity contribution in [2.45, 2.75) is 19.4 Å². The van der Waals surface area contributed by atoms with E-state index in [9.17, 15) is 15.0 Å². The van der Waals surface area contributed by atoms with Crippen molar-refractivity contribution < 1.29 is 19.7 Å². The second-order valence-electron chi connectivity index (χ2n) is 5.73. The Morgan fingerprint density at radius 1 is 1.04 bits per heavy atom. The molecule has 0 saturated carbocycles. The van der Waals surface area contributed by atoms with Crippen LogP contribution in [0, 0.1) is 13.8 Å². The van der Waals surface area contributed by atoms with Crippen LogP contribution in [-0.4, -0.2) is 16.2 Å². The first-order valence-electron chi connectivity index (χ1n) is 7.16. The molecule has 124 valence electrons. The Balaban J connectivity index is 2.34. The lowest BCUT2D eigenvalue weighted by molar-refractivity contribution is -0.143. The third-order valence-electron chi connectivity index (χ3n) is 4.07. The van der Waals surface area contributed by atoms with Gasteiger partial charge in [0.15, 0.2) is 5.60 Å². The van der Waals surface area contributed by atoms with Gasteiger partial charge in [-0.05, 0) is 63.4 Å². The van der Waals surface area contributed by atoms with Crippen LogP contribution in [0.5, 0.6) is 11.5 Å². The molecule has 0 radical (unpaired) electrons. The number of halogens is 2. The third kappa shape index (κ3) is 2.54. The summed E-state index contributed by atoms with van der Waals surface area (Å²) in [6, 6.07) is 7.34. The van der Waals surface area contributed by atoms with Crippen LogP contribution in [0.15, 0.2) is 45.4 Å². The van der Waals surface area contributed by atoms with Crippen molar-refractivity contribution in [1.82, 2.24) is 0 Å². The lowest BCUT2D eigenvalue weighted by Gasteiger charge is -2.30. The summed E-state index contributed by atoms with van der Waals surface area (Å²) in [7, 11) is 0. The molecule has 0 aromatic heterocycles. The number of cyclic esters (lactones) is 1. The lowest BCUT2D eigenvalue weighted by Crippen LogP contribution is -2.28. The van der Waals surface area contributed by atoms with Gasteiger partial charge in [-0.25, -0.2) is 4.79 Å². The standard InChI is InChI=1S/C18H14Br2O4/c1-9-3-4-11(10(2)7-9)18(6-5-14(21)24-18)12-8-13(19)17(23)15(20)16(12)22/h3-8,22-23H,1-2H3. The van der Waals surface area contributed by atoms with Crippen molar-refractivity contribution >= 4 is 37.8 Å². The van der Waals surface area contributed by atoms with Crippen LogP contribution >= 0.6 is 31.9 Å². The number of phenols is 2. The largest absolute Gasteiger partial charge is 0.506 e. The van der Waals surface area contributed by atoms with Gasteiger partial charge in [0, 0.05) is 17.2 Å². The molecule has 2 aromatic carbocycles. The van der Waals surface area contributed by atoms with Gasteiger partial charge in [0.05, 0.1) is 4.47 Å². The Labute approximate surface area is 156 Å². The highest BCUT2D eigenvalue weighted by atomic mass is 79.9. The second kappa shape index (κ2) is 5.93. The van der Waals surface area contributed by atoms with E-state index < -0.39 is 11.6 Å². The minimum absolute atomic E-state index is 0.125. The number of hydrogen-bond donors (Lipinski definition) is 2. The number of phenolic OH excluding ortho intramolecular Hbond substituents is 2. The predicted octanol–water partition coefficient (Wildman–Crippen LogP) is 4.60. The Hall–Kier alpha value is -1.79. The summed E-state index contributed by atoms with van der Waals surface area (Å²) >= 11 is 6.44. The molecule has 3 rings (SSSR count). The van der Waals surface area contributed by atoms with Crippen molar-refractivity contribution in [3.05, 3.63) is 67.6 Å². The third-order valence-corrected chi connectivity index (χ3v) is 5.42. The summed E-state index contributed by atoms with van der Waals surface area (Å²) in [5.41, 5.74) is 1.85. The molecule has 1 atom stereocenters. The van der Waals surface area contributed by atoms with Crippen molar-refractivity contribution in [3.8, 4) is 11.5 Å². The molecule has 1 heterocycles. The SMILES string of the molecule is Cc1ccc(C2(c3cc(Br)c(O)c(Br)c3O)C=CC(=O)O2)c(C)c1. The minimum Gasteiger partial charge on any atom is -0.506 e. The first-order valence-corrected chi connectivity index (χ1v) is 8.75. The molecule has 0 bridgehead atoms. The summed E-state index contributed by atoms with van der Waals surface area (Å²) in [6.07, 6.45) is 2.96. The first-order chi connectivity index (χ1) is 11.3. The number of aromatic hydroxyl groups is 2. The van der Waals surface area contributed by atoms with Gasteiger partial charge in [-0.3, -0.25) is 0 Å². The molecule has 4 nitrogen and oxygen atoms in total. The van der Waals surface area contributed by atoms with E-state index in [-0.39, 0.29) is 16.0 Å². The van der Waals surface area contributed by atoms with Gasteiger partial charge in [0.25, 0.3) is 0 Å². The average Bonchev–Trinajstić information content (AvgIpc) is 2.91. The number of ether oxygens (including phenoxy) is 1. The number of hydrogen-bond acceptors (Lipinski definition) is 4. The lowest BCUT2D eigenvalue weighted by atomic mass is 9.83. The fourth-order valence-corrected chi connectivity index (χ4v) is 4.08. The van der Waals surface area contributed by atoms with E-state index in [2.05, 4.69) is 31.9 Å². The quantitative estimate of drug-likeness (QED) is 0.652. The first kappa shape index (κ1) is 17.0. The smallest absolute Gasteiger partial charge is 0.332 e. The molecule has 1 unspecified atom stereocenters. The van der Waals surface area contributed by atoms with Gasteiger partial charge in [0.2, 0.25) is 0 Å². The number of carbonyl (C=O) groups excluding carboxylic acids is 1. The molecule has 0 fully saturated rings. The van der Waals surface area contributed by atoms with E-state index in [1.807, 2.05) is 32.0 Å². The van der Waals surface area contributed by atoms with Gasteiger partial charge >= 0.3 is 5.97 Å². The highest BCUT2D eigenvalue weighted by molar-refractivity contribution is 9.11. The molecule has 0 spiro atoms. The molecule has 1 aliphatic rings. The van der Waals surface area contributed by atoms with Crippen molar-refractivity contribution in [2.24, 2.45) is 0 Å². The maximum absolute atomic E-state index is 11.9. The van der Waals surface area contributed by atoms with Gasteiger partial charge < -0.3 is 14.9 Å². The van der Waals surface area contributed by atoms with Crippen LogP contribution in [0.2, 0.25) is 0 Å². The Bertz CT molecular complexity index is 889. The molecule has 0 saturated heterocycles. The van der Waals surface area contributed by atoms with E-state index in [1.54, 1.807) is 12.1 Å². The van der Waals surface area contributed by atoms with E-state index in [1.165, 1.54) is 6.08 Å². The molecule has 1 aliphatic heterocycles. The summed E-state index contributed by atoms with van der Waals surface area (Å²) in [5, 5.41) is 20.5. The zero-order chi connectivity index (χ0) is 17.6. The monoisotopic (exact) mass is 452 g/mol. The Morgan fingerprint density at radius 3 is 2.33 bits per heavy atom. The van der Waals surface area contributed by atoms with Gasteiger partial charge in [-0.15, -0.1) is 0 Å². The van der Waals surface area contributed by atoms with Gasteiger partial charge in [0.1, 0.15) is 16.0 Å². The normalized spacial score (nSPS) is 19.6. The minimum atomic E-state index is -1.25. The highest BCUT2D eigenvalue weighted by Gasteiger charge is 2.43. The number of esters is 1. The van der Waals surface area contributed by atoms with E-state index in [4.69, 9.17) is 4.74 Å². The molecule has 24 heavy (non-hydrogen) atoms. The molecular formula is C18H14Br2O4. The van der Waals surface area contributed by atoms with Crippen molar-refractivity contribution in [3.63, 3.8) is 0 Å². The van der Waals surface area contributed by atoms with E-state index in [0.717, 1.165) is 16.7 Å². The zero-order valence-corrected chi connectivity index (χ0v) is 16.1. The van der Waals surface area contributed by atoms with E-state index in [0.29, 0.717) is 10.0 Å². The fraction of sp³-hybridized carbons (Fsp3) is 0.167. The van der Waals surface area contributed by atoms with Crippen LogP contribution in [-0.2, 0) is 15.1 Å². The van der Waals surface area contributed by atoms with Crippen molar-refractivity contribution in [2.75, 3.05) is 0 Å². The number of rotatable bonds is 2. The maximum atomic E-state index is 11.9. The summed E-state index contributed by atoms with van der Waals surface area (Å²) < 4.78 is 6.15. The summed E-state index contributed by atoms with van der Waals surface area (Å²) in [5.74, 6) is -0.801. The van der Waals surface area contributed by atoms with Gasteiger partial charge in [-0.2, -0.15) is 0 Å². The zero-order valence-electron chi connectivity index (χ0n) is 12.9. The summed E-state index contributed by atoms with van der Waals surface area (Å²) in [6.45, 7) is 3.90. The molecule has 2 N–H and O–H groups in total. The maximum Gasteiger partial charge on any atom is 0.332 e. The topological polar surface area (TPSA) is 66.8 Å². The predicted molar refractivity (Wildman–Crippen MR) is 97.1 cm³/mol. The number of benzene rings is 2. The highest BCUT2D eigenvalue weighted by Crippen LogP contribution is 2.50. The molecule has 0 amide bonds. The number of carbonyl (C=O) groups is 1. The summed E-state index contributed by atoms with van der Waals surface area (Å²) in [4.78, 5) is 11.9. The van der Waals surface area contributed by atoms with Crippen LogP contribution in [0.25, 0.3) is 0 Å². The molecule has 2 aromatic rings. The molecule has 6 heteroatoms. The van der Waals surface area contributed by atoms with Crippen molar-refractivity contribution in [1.29, 1.82) is 0 Å². The second-order valence-corrected chi connectivity index (χ2v) is 7.37. The van der Waals surface area contributed by atoms with Crippen LogP contribution < -0.4 is 0 Å². The molecular weight excluding hydrogens is 440 g/mol. The number of aryl methyl sites for hydroxylation is 2. The van der Waals surface area contributed by atoms with Crippen LogP contribution in [0.1, 0.15) is 22.3 Å². The Morgan fingerprint density at radius 2 is 1.75 bits per heavy atom. The van der Waals surface area contributed by atoms with Gasteiger partial charge in [-0.1, -0.05) is 23.8 Å². The average molecular weight is 454 g/mol. The van der Waals surface area contributed by atoms with E-state index >= 15 is 0 Å². The van der Waals surface area contributed by atoms with Crippen LogP contribution in [0.4, 0.5) is 0 Å². The Kier molecular flexibility index (Phi) is 4.21. The van der Waals surface area contributed by atoms with Crippen LogP contribution in [0.3, 0.4) is 0 Å². The molecule has 0 aliphatic carbocycles. The fourth-order valence-electron chi connectivity index (χ4n) is 2.96.